The molecule has 0 saturated heterocycles. The van der Waals surface area contributed by atoms with Crippen LogP contribution < -0.4 is 4.72 Å². The first-order valence-electron chi connectivity index (χ1n) is 6.77. The van der Waals surface area contributed by atoms with E-state index >= 15 is 0 Å². The summed E-state index contributed by atoms with van der Waals surface area (Å²) >= 11 is 1.47. The van der Waals surface area contributed by atoms with E-state index < -0.39 is 10.0 Å². The molecule has 0 aliphatic heterocycles. The number of benzene rings is 1. The van der Waals surface area contributed by atoms with Crippen molar-refractivity contribution in [3.8, 4) is 0 Å². The van der Waals surface area contributed by atoms with Crippen LogP contribution in [0.2, 0.25) is 0 Å². The van der Waals surface area contributed by atoms with E-state index in [-0.39, 0.29) is 17.3 Å². The van der Waals surface area contributed by atoms with Crippen molar-refractivity contribution in [1.82, 2.24) is 19.8 Å². The van der Waals surface area contributed by atoms with Crippen LogP contribution in [0.25, 0.3) is 10.2 Å². The smallest absolute Gasteiger partial charge is 0.241 e. The molecular formula is C13H12N4O3S2. The number of hydrogen-bond acceptors (Lipinski definition) is 7. The zero-order valence-corrected chi connectivity index (χ0v) is 13.0. The van der Waals surface area contributed by atoms with Crippen molar-refractivity contribution < 1.29 is 12.9 Å². The molecule has 0 atom stereocenters. The summed E-state index contributed by atoms with van der Waals surface area (Å²) in [5, 5.41) is 3.86. The average Bonchev–Trinajstić information content (AvgIpc) is 3.08. The molecule has 7 nitrogen and oxygen atoms in total. The zero-order valence-electron chi connectivity index (χ0n) is 11.4. The number of sulfonamides is 1. The molecule has 1 N–H and O–H groups in total. The number of rotatable bonds is 5. The van der Waals surface area contributed by atoms with Gasteiger partial charge in [0.25, 0.3) is 0 Å². The Morgan fingerprint density at radius 3 is 3.05 bits per heavy atom. The van der Waals surface area contributed by atoms with Crippen LogP contribution in [-0.2, 0) is 16.6 Å². The van der Waals surface area contributed by atoms with E-state index in [0.29, 0.717) is 17.3 Å². The Morgan fingerprint density at radius 1 is 1.36 bits per heavy atom. The number of aromatic nitrogens is 3. The lowest BCUT2D eigenvalue weighted by Gasteiger charge is -2.04. The predicted molar refractivity (Wildman–Crippen MR) is 79.9 cm³/mol. The molecule has 1 aliphatic rings. The molecule has 1 fully saturated rings. The maximum atomic E-state index is 12.3. The van der Waals surface area contributed by atoms with E-state index in [2.05, 4.69) is 19.8 Å². The van der Waals surface area contributed by atoms with Gasteiger partial charge in [-0.05, 0) is 31.0 Å². The second kappa shape index (κ2) is 5.11. The molecule has 2 aromatic heterocycles. The molecule has 1 saturated carbocycles. The van der Waals surface area contributed by atoms with Crippen molar-refractivity contribution in [2.24, 2.45) is 0 Å². The molecule has 1 aromatic carbocycles. The molecule has 0 spiro atoms. The molecule has 0 unspecified atom stereocenters. The Kier molecular flexibility index (Phi) is 3.21. The number of thiazole rings is 1. The summed E-state index contributed by atoms with van der Waals surface area (Å²) in [5.41, 5.74) is 2.36. The van der Waals surface area contributed by atoms with Crippen molar-refractivity contribution in [2.45, 2.75) is 30.2 Å². The fourth-order valence-corrected chi connectivity index (χ4v) is 3.75. The van der Waals surface area contributed by atoms with Gasteiger partial charge in [-0.3, -0.25) is 0 Å². The fraction of sp³-hybridized carbons (Fsp3) is 0.308. The minimum absolute atomic E-state index is 0.0167. The van der Waals surface area contributed by atoms with Gasteiger partial charge in [0.1, 0.15) is 0 Å². The first kappa shape index (κ1) is 13.8. The number of nitrogens with one attached hydrogen (secondary N) is 1. The van der Waals surface area contributed by atoms with E-state index in [1.54, 1.807) is 23.7 Å². The highest BCUT2D eigenvalue weighted by Crippen LogP contribution is 2.38. The third kappa shape index (κ3) is 2.62. The SMILES string of the molecule is O=S(=O)(NCc1nc(C2CC2)no1)c1ccc2scnc2c1. The molecular weight excluding hydrogens is 324 g/mol. The van der Waals surface area contributed by atoms with Gasteiger partial charge in [0.2, 0.25) is 15.9 Å². The van der Waals surface area contributed by atoms with Crippen molar-refractivity contribution in [2.75, 3.05) is 0 Å². The topological polar surface area (TPSA) is 98.0 Å². The highest BCUT2D eigenvalue weighted by atomic mass is 32.2. The highest BCUT2D eigenvalue weighted by Gasteiger charge is 2.29. The van der Waals surface area contributed by atoms with E-state index in [1.807, 2.05) is 0 Å². The average molecular weight is 336 g/mol. The monoisotopic (exact) mass is 336 g/mol. The van der Waals surface area contributed by atoms with E-state index in [0.717, 1.165) is 17.5 Å². The Morgan fingerprint density at radius 2 is 2.23 bits per heavy atom. The normalized spacial score (nSPS) is 15.5. The molecule has 22 heavy (non-hydrogen) atoms. The minimum atomic E-state index is -3.64. The molecule has 9 heteroatoms. The van der Waals surface area contributed by atoms with Crippen LogP contribution >= 0.6 is 11.3 Å². The molecule has 0 bridgehead atoms. The second-order valence-corrected chi connectivity index (χ2v) is 7.78. The van der Waals surface area contributed by atoms with E-state index in [4.69, 9.17) is 4.52 Å². The minimum Gasteiger partial charge on any atom is -0.338 e. The maximum absolute atomic E-state index is 12.3. The van der Waals surface area contributed by atoms with Crippen LogP contribution in [0, 0.1) is 0 Å². The molecule has 2 heterocycles. The molecule has 4 rings (SSSR count). The van der Waals surface area contributed by atoms with Gasteiger partial charge in [-0.1, -0.05) is 5.16 Å². The van der Waals surface area contributed by atoms with Gasteiger partial charge < -0.3 is 4.52 Å². The Balaban J connectivity index is 1.52. The highest BCUT2D eigenvalue weighted by molar-refractivity contribution is 7.89. The number of fused-ring (bicyclic) bond motifs is 1. The van der Waals surface area contributed by atoms with Gasteiger partial charge in [-0.2, -0.15) is 4.98 Å². The lowest BCUT2D eigenvalue weighted by Crippen LogP contribution is -2.23. The summed E-state index contributed by atoms with van der Waals surface area (Å²) < 4.78 is 33.1. The summed E-state index contributed by atoms with van der Waals surface area (Å²) in [5.74, 6) is 1.32. The summed E-state index contributed by atoms with van der Waals surface area (Å²) in [4.78, 5) is 8.50. The van der Waals surface area contributed by atoms with Crippen molar-refractivity contribution in [3.05, 3.63) is 35.4 Å². The summed E-state index contributed by atoms with van der Waals surface area (Å²) in [6.45, 7) is -0.0167. The van der Waals surface area contributed by atoms with E-state index in [9.17, 15) is 8.42 Å². The van der Waals surface area contributed by atoms with Crippen LogP contribution in [0.4, 0.5) is 0 Å². The van der Waals surface area contributed by atoms with Gasteiger partial charge in [-0.15, -0.1) is 11.3 Å². The predicted octanol–water partition coefficient (Wildman–Crippen LogP) is 2.04. The lowest BCUT2D eigenvalue weighted by molar-refractivity contribution is 0.370. The van der Waals surface area contributed by atoms with Gasteiger partial charge in [0, 0.05) is 5.92 Å². The molecule has 114 valence electrons. The van der Waals surface area contributed by atoms with Gasteiger partial charge >= 0.3 is 0 Å². The van der Waals surface area contributed by atoms with Gasteiger partial charge in [0.05, 0.1) is 27.2 Å². The Bertz CT molecular complexity index is 928. The quantitative estimate of drug-likeness (QED) is 0.765. The lowest BCUT2D eigenvalue weighted by atomic mass is 10.3. The van der Waals surface area contributed by atoms with Gasteiger partial charge in [0.15, 0.2) is 5.82 Å². The summed E-state index contributed by atoms with van der Waals surface area (Å²) in [7, 11) is -3.64. The van der Waals surface area contributed by atoms with Crippen LogP contribution in [0.15, 0.2) is 33.1 Å². The standard InChI is InChI=1S/C13H12N4O3S2/c18-22(19,9-3-4-11-10(5-9)14-7-21-11)15-6-12-16-13(17-20-12)8-1-2-8/h3-5,7-8,15H,1-2,6H2. The van der Waals surface area contributed by atoms with Crippen molar-refractivity contribution >= 4 is 31.6 Å². The Hall–Kier alpha value is -1.84. The second-order valence-electron chi connectivity index (χ2n) is 5.13. The van der Waals surface area contributed by atoms with E-state index in [1.165, 1.54) is 11.3 Å². The van der Waals surface area contributed by atoms with Gasteiger partial charge in [-0.25, -0.2) is 18.1 Å². The van der Waals surface area contributed by atoms with Crippen LogP contribution in [0.1, 0.15) is 30.5 Å². The van der Waals surface area contributed by atoms with Crippen LogP contribution in [0.5, 0.6) is 0 Å². The van der Waals surface area contributed by atoms with Crippen molar-refractivity contribution in [1.29, 1.82) is 0 Å². The molecule has 1 aliphatic carbocycles. The third-order valence-electron chi connectivity index (χ3n) is 3.45. The Labute approximate surface area is 130 Å². The van der Waals surface area contributed by atoms with Crippen LogP contribution in [0.3, 0.4) is 0 Å². The largest absolute Gasteiger partial charge is 0.338 e. The third-order valence-corrected chi connectivity index (χ3v) is 5.66. The summed E-state index contributed by atoms with van der Waals surface area (Å²) in [6.07, 6.45) is 2.14. The maximum Gasteiger partial charge on any atom is 0.241 e. The molecule has 0 amide bonds. The number of nitrogens with zero attached hydrogens (tertiary/aromatic N) is 3. The molecule has 3 aromatic rings. The van der Waals surface area contributed by atoms with Crippen molar-refractivity contribution in [3.63, 3.8) is 0 Å². The first-order chi connectivity index (χ1) is 10.6. The summed E-state index contributed by atoms with van der Waals surface area (Å²) in [6, 6.07) is 4.86. The first-order valence-corrected chi connectivity index (χ1v) is 9.13. The van der Waals surface area contributed by atoms with Crippen LogP contribution in [-0.4, -0.2) is 23.5 Å². The molecule has 0 radical (unpaired) electrons. The zero-order chi connectivity index (χ0) is 15.2. The fourth-order valence-electron chi connectivity index (χ4n) is 2.09. The number of hydrogen-bond donors (Lipinski definition) is 1.